The molecule has 220 valence electrons. The number of methoxy groups -OCH3 is 1. The van der Waals surface area contributed by atoms with E-state index < -0.39 is 0 Å². The van der Waals surface area contributed by atoms with Gasteiger partial charge in [0, 0.05) is 32.6 Å². The number of aliphatic hydroxyl groups is 1. The molecular weight excluding hydrogens is 524 g/mol. The van der Waals surface area contributed by atoms with Crippen LogP contribution in [0.2, 0.25) is 0 Å². The topological polar surface area (TPSA) is 128 Å². The van der Waals surface area contributed by atoms with Crippen molar-refractivity contribution in [3.05, 3.63) is 34.4 Å². The third-order valence-electron chi connectivity index (χ3n) is 7.39. The van der Waals surface area contributed by atoms with Crippen molar-refractivity contribution < 1.29 is 19.3 Å². The van der Waals surface area contributed by atoms with Gasteiger partial charge in [-0.1, -0.05) is 6.92 Å². The first-order valence-corrected chi connectivity index (χ1v) is 14.1. The van der Waals surface area contributed by atoms with Crippen LogP contribution in [-0.2, 0) is 24.9 Å². The van der Waals surface area contributed by atoms with Crippen LogP contribution >= 0.6 is 0 Å². The van der Waals surface area contributed by atoms with E-state index in [4.69, 9.17) is 29.4 Å². The van der Waals surface area contributed by atoms with E-state index in [1.165, 1.54) is 0 Å². The van der Waals surface area contributed by atoms with E-state index in [-0.39, 0.29) is 18.8 Å². The molecule has 1 aliphatic heterocycles. The molecule has 0 aliphatic carbocycles. The molecule has 4 aromatic heterocycles. The van der Waals surface area contributed by atoms with Crippen molar-refractivity contribution in [2.75, 3.05) is 33.4 Å². The number of pyridine rings is 1. The van der Waals surface area contributed by atoms with Gasteiger partial charge in [-0.2, -0.15) is 10.2 Å². The maximum atomic E-state index is 10.0. The quantitative estimate of drug-likeness (QED) is 0.345. The lowest BCUT2D eigenvalue weighted by Gasteiger charge is -2.26. The summed E-state index contributed by atoms with van der Waals surface area (Å²) in [4.78, 5) is 7.23. The zero-order valence-electron chi connectivity index (χ0n) is 24.9. The standard InChI is InChI=1S/C29H40N8O4/c1-8-36-13-18(4)41-29-26(24(16-39-7)33-35(29)6)23-12-21-22(31-32-27(21)19(5)30-23)11-10-20-25(14-36)37(17(3)15-38)34-28(20)40-9-2/h10-12,17-18,38H,8-9,13-16H2,1-7H3,(H,31,32)/b11-10+/t17-,18-/m0/s1. The summed E-state index contributed by atoms with van der Waals surface area (Å²) in [5.74, 6) is 1.18. The Labute approximate surface area is 239 Å². The Kier molecular flexibility index (Phi) is 8.43. The van der Waals surface area contributed by atoms with Crippen molar-refractivity contribution in [3.8, 4) is 23.0 Å². The molecule has 41 heavy (non-hydrogen) atoms. The Bertz CT molecular complexity index is 1550. The van der Waals surface area contributed by atoms with Gasteiger partial charge in [0.1, 0.15) is 17.3 Å². The van der Waals surface area contributed by atoms with Gasteiger partial charge in [0.25, 0.3) is 0 Å². The minimum atomic E-state index is -0.221. The molecule has 0 fully saturated rings. The second-order valence-corrected chi connectivity index (χ2v) is 10.5. The van der Waals surface area contributed by atoms with Crippen molar-refractivity contribution in [2.24, 2.45) is 7.05 Å². The first-order valence-electron chi connectivity index (χ1n) is 14.1. The summed E-state index contributed by atoms with van der Waals surface area (Å²) in [6, 6.07) is 1.81. The molecule has 0 amide bonds. The summed E-state index contributed by atoms with van der Waals surface area (Å²) in [5.41, 5.74) is 6.56. The van der Waals surface area contributed by atoms with Gasteiger partial charge in [0.2, 0.25) is 11.8 Å². The predicted octanol–water partition coefficient (Wildman–Crippen LogP) is 3.73. The van der Waals surface area contributed by atoms with Gasteiger partial charge in [-0.15, -0.1) is 5.10 Å². The monoisotopic (exact) mass is 564 g/mol. The summed E-state index contributed by atoms with van der Waals surface area (Å²) >= 11 is 0. The molecule has 5 heterocycles. The number of ether oxygens (including phenoxy) is 3. The summed E-state index contributed by atoms with van der Waals surface area (Å²) in [7, 11) is 3.54. The second kappa shape index (κ2) is 12.0. The van der Waals surface area contributed by atoms with Crippen LogP contribution in [-0.4, -0.2) is 84.3 Å². The second-order valence-electron chi connectivity index (χ2n) is 10.5. The summed E-state index contributed by atoms with van der Waals surface area (Å²) in [6.07, 6.45) is 3.86. The van der Waals surface area contributed by atoms with Gasteiger partial charge in [0.05, 0.1) is 59.8 Å². The molecule has 1 aliphatic rings. The Morgan fingerprint density at radius 3 is 2.76 bits per heavy atom. The lowest BCUT2D eigenvalue weighted by molar-refractivity contribution is 0.132. The van der Waals surface area contributed by atoms with Gasteiger partial charge in [-0.05, 0) is 52.5 Å². The highest BCUT2D eigenvalue weighted by molar-refractivity contribution is 5.93. The smallest absolute Gasteiger partial charge is 0.240 e. The molecule has 0 saturated carbocycles. The van der Waals surface area contributed by atoms with Gasteiger partial charge >= 0.3 is 0 Å². The normalized spacial score (nSPS) is 17.5. The number of nitrogens with one attached hydrogen (secondary N) is 1. The van der Waals surface area contributed by atoms with Crippen LogP contribution < -0.4 is 9.47 Å². The first-order chi connectivity index (χ1) is 19.8. The molecule has 5 rings (SSSR count). The molecule has 2 bridgehead atoms. The third kappa shape index (κ3) is 5.46. The molecule has 0 aromatic carbocycles. The molecule has 0 saturated heterocycles. The number of H-pyrrole nitrogens is 1. The number of likely N-dealkylation sites (N-methyl/N-ethyl adjacent to an activating group) is 1. The van der Waals surface area contributed by atoms with E-state index in [9.17, 15) is 5.11 Å². The van der Waals surface area contributed by atoms with Crippen molar-refractivity contribution in [1.29, 1.82) is 0 Å². The third-order valence-corrected chi connectivity index (χ3v) is 7.39. The summed E-state index contributed by atoms with van der Waals surface area (Å²) in [5, 5.41) is 28.3. The minimum absolute atomic E-state index is 0.0393. The van der Waals surface area contributed by atoms with Gasteiger partial charge in [-0.3, -0.25) is 19.7 Å². The molecule has 2 N–H and O–H groups in total. The molecule has 0 radical (unpaired) electrons. The fourth-order valence-corrected chi connectivity index (χ4v) is 5.38. The number of aliphatic hydroxyl groups excluding tert-OH is 1. The average molecular weight is 565 g/mol. The van der Waals surface area contributed by atoms with E-state index in [0.717, 1.165) is 57.0 Å². The molecule has 4 aromatic rings. The van der Waals surface area contributed by atoms with Gasteiger partial charge in [0.15, 0.2) is 0 Å². The molecule has 2 atom stereocenters. The number of rotatable bonds is 7. The van der Waals surface area contributed by atoms with Crippen LogP contribution in [0.1, 0.15) is 62.1 Å². The van der Waals surface area contributed by atoms with Crippen molar-refractivity contribution in [1.82, 2.24) is 39.6 Å². The zero-order chi connectivity index (χ0) is 29.3. The van der Waals surface area contributed by atoms with Crippen molar-refractivity contribution in [2.45, 2.75) is 59.9 Å². The van der Waals surface area contributed by atoms with Crippen molar-refractivity contribution in [3.63, 3.8) is 0 Å². The number of aromatic amines is 1. The number of nitrogens with zero attached hydrogens (tertiary/aromatic N) is 7. The lowest BCUT2D eigenvalue weighted by Crippen LogP contribution is -2.35. The lowest BCUT2D eigenvalue weighted by atomic mass is 10.1. The van der Waals surface area contributed by atoms with Crippen LogP contribution in [0.3, 0.4) is 0 Å². The van der Waals surface area contributed by atoms with Gasteiger partial charge in [-0.25, -0.2) is 4.68 Å². The summed E-state index contributed by atoms with van der Waals surface area (Å²) in [6.45, 7) is 12.8. The van der Waals surface area contributed by atoms with E-state index in [0.29, 0.717) is 38.1 Å². The highest BCUT2D eigenvalue weighted by atomic mass is 16.5. The molecule has 0 unspecified atom stereocenters. The highest BCUT2D eigenvalue weighted by Gasteiger charge is 2.27. The van der Waals surface area contributed by atoms with E-state index in [2.05, 4.69) is 28.9 Å². The number of aromatic nitrogens is 7. The Morgan fingerprint density at radius 1 is 1.24 bits per heavy atom. The SMILES string of the molecule is CCOc1nn([C@@H](C)CO)c2c1/C=C/c1[nH]nc3c(C)nc(cc13)-c1c(COC)nn(C)c1O[C@@H](C)CN(CC)C2. The highest BCUT2D eigenvalue weighted by Crippen LogP contribution is 2.37. The largest absolute Gasteiger partial charge is 0.476 e. The minimum Gasteiger partial charge on any atom is -0.476 e. The van der Waals surface area contributed by atoms with Crippen LogP contribution in [0, 0.1) is 6.92 Å². The Hall–Kier alpha value is -3.74. The fourth-order valence-electron chi connectivity index (χ4n) is 5.38. The fraction of sp³-hybridized carbons (Fsp3) is 0.517. The summed E-state index contributed by atoms with van der Waals surface area (Å²) < 4.78 is 21.7. The average Bonchev–Trinajstić information content (AvgIpc) is 3.60. The molecular formula is C29H40N8O4. The number of aryl methyl sites for hydroxylation is 2. The maximum absolute atomic E-state index is 10.0. The molecule has 0 spiro atoms. The Morgan fingerprint density at radius 2 is 2.05 bits per heavy atom. The van der Waals surface area contributed by atoms with Crippen LogP contribution in [0.15, 0.2) is 6.07 Å². The number of fused-ring (bicyclic) bond motifs is 4. The number of hydrogen-bond acceptors (Lipinski definition) is 9. The maximum Gasteiger partial charge on any atom is 0.240 e. The van der Waals surface area contributed by atoms with Crippen LogP contribution in [0.25, 0.3) is 34.3 Å². The van der Waals surface area contributed by atoms with E-state index in [1.54, 1.807) is 11.8 Å². The number of hydrogen-bond donors (Lipinski definition) is 2. The van der Waals surface area contributed by atoms with Crippen LogP contribution in [0.5, 0.6) is 11.8 Å². The zero-order valence-corrected chi connectivity index (χ0v) is 24.9. The van der Waals surface area contributed by atoms with E-state index in [1.807, 2.05) is 50.7 Å². The van der Waals surface area contributed by atoms with E-state index >= 15 is 0 Å². The molecule has 12 heteroatoms. The van der Waals surface area contributed by atoms with Gasteiger partial charge < -0.3 is 19.3 Å². The van der Waals surface area contributed by atoms with Crippen LogP contribution in [0.4, 0.5) is 0 Å². The Balaban J connectivity index is 1.76. The molecule has 12 nitrogen and oxygen atoms in total. The predicted molar refractivity (Wildman–Crippen MR) is 157 cm³/mol. The van der Waals surface area contributed by atoms with Crippen molar-refractivity contribution >= 4 is 23.1 Å². The first kappa shape index (κ1) is 28.8.